The lowest BCUT2D eigenvalue weighted by Crippen LogP contribution is -2.33. The van der Waals surface area contributed by atoms with Gasteiger partial charge in [0.05, 0.1) is 11.9 Å². The number of anilines is 2. The lowest BCUT2D eigenvalue weighted by Gasteiger charge is -2.22. The van der Waals surface area contributed by atoms with E-state index in [2.05, 4.69) is 21.4 Å². The van der Waals surface area contributed by atoms with E-state index in [0.29, 0.717) is 11.7 Å². The second kappa shape index (κ2) is 7.88. The SMILES string of the molecule is CN(C)c1ccc(N[C@H]2CCCN(C(=O)c3cccc4nccn34)CC2)cn1. The number of likely N-dealkylation sites (tertiary alicyclic amines) is 1. The minimum absolute atomic E-state index is 0.0706. The molecule has 3 aromatic heterocycles. The van der Waals surface area contributed by atoms with Gasteiger partial charge in [-0.3, -0.25) is 9.20 Å². The summed E-state index contributed by atoms with van der Waals surface area (Å²) >= 11 is 0. The summed E-state index contributed by atoms with van der Waals surface area (Å²) in [6, 6.07) is 10.1. The van der Waals surface area contributed by atoms with Gasteiger partial charge in [0, 0.05) is 45.6 Å². The lowest BCUT2D eigenvalue weighted by atomic mass is 10.1. The standard InChI is InChI=1S/C21H26N6O/c1-25(2)19-9-8-17(15-23-19)24-16-5-4-12-26(13-10-16)21(28)18-6-3-7-20-22-11-14-27(18)20/h3,6-9,11,14-16,24H,4-5,10,12-13H2,1-2H3/t16-/m0/s1. The van der Waals surface area contributed by atoms with Crippen molar-refractivity contribution in [2.24, 2.45) is 0 Å². The summed E-state index contributed by atoms with van der Waals surface area (Å²) < 4.78 is 1.86. The van der Waals surface area contributed by atoms with Crippen molar-refractivity contribution in [3.05, 3.63) is 54.6 Å². The Balaban J connectivity index is 1.41. The number of nitrogens with one attached hydrogen (secondary N) is 1. The van der Waals surface area contributed by atoms with E-state index in [0.717, 1.165) is 49.5 Å². The molecule has 146 valence electrons. The van der Waals surface area contributed by atoms with Crippen LogP contribution in [0.1, 0.15) is 29.8 Å². The summed E-state index contributed by atoms with van der Waals surface area (Å²) in [7, 11) is 3.97. The maximum Gasteiger partial charge on any atom is 0.270 e. The second-order valence-electron chi connectivity index (χ2n) is 7.43. The topological polar surface area (TPSA) is 65.8 Å². The summed E-state index contributed by atoms with van der Waals surface area (Å²) in [5.74, 6) is 1.01. The van der Waals surface area contributed by atoms with Crippen molar-refractivity contribution in [1.29, 1.82) is 0 Å². The fourth-order valence-electron chi connectivity index (χ4n) is 3.70. The van der Waals surface area contributed by atoms with Gasteiger partial charge in [-0.2, -0.15) is 0 Å². The number of imidazole rings is 1. The molecule has 7 heteroatoms. The van der Waals surface area contributed by atoms with Crippen molar-refractivity contribution in [2.45, 2.75) is 25.3 Å². The molecule has 7 nitrogen and oxygen atoms in total. The molecule has 1 aliphatic rings. The van der Waals surface area contributed by atoms with Crippen LogP contribution >= 0.6 is 0 Å². The zero-order valence-corrected chi connectivity index (χ0v) is 16.4. The highest BCUT2D eigenvalue weighted by Crippen LogP contribution is 2.19. The smallest absolute Gasteiger partial charge is 0.270 e. The molecular weight excluding hydrogens is 352 g/mol. The third-order valence-corrected chi connectivity index (χ3v) is 5.24. The zero-order chi connectivity index (χ0) is 19.5. The molecule has 1 N–H and O–H groups in total. The molecule has 4 heterocycles. The molecule has 1 saturated heterocycles. The van der Waals surface area contributed by atoms with E-state index in [4.69, 9.17) is 0 Å². The number of rotatable bonds is 4. The highest BCUT2D eigenvalue weighted by molar-refractivity contribution is 5.93. The Morgan fingerprint density at radius 3 is 2.82 bits per heavy atom. The van der Waals surface area contributed by atoms with E-state index in [1.54, 1.807) is 6.20 Å². The molecule has 0 bridgehead atoms. The van der Waals surface area contributed by atoms with Gasteiger partial charge in [-0.05, 0) is 43.5 Å². The summed E-state index contributed by atoms with van der Waals surface area (Å²) in [5, 5.41) is 3.58. The van der Waals surface area contributed by atoms with Crippen molar-refractivity contribution >= 4 is 23.1 Å². The summed E-state index contributed by atoms with van der Waals surface area (Å²) in [5.41, 5.74) is 2.50. The van der Waals surface area contributed by atoms with Crippen LogP contribution in [0.5, 0.6) is 0 Å². The molecule has 1 atom stereocenters. The molecule has 0 spiro atoms. The second-order valence-corrected chi connectivity index (χ2v) is 7.43. The molecule has 0 unspecified atom stereocenters. The van der Waals surface area contributed by atoms with Gasteiger partial charge in [0.1, 0.15) is 17.2 Å². The van der Waals surface area contributed by atoms with Crippen molar-refractivity contribution in [1.82, 2.24) is 19.3 Å². The highest BCUT2D eigenvalue weighted by atomic mass is 16.2. The molecule has 0 aliphatic carbocycles. The number of nitrogens with zero attached hydrogens (tertiary/aromatic N) is 5. The van der Waals surface area contributed by atoms with E-state index in [-0.39, 0.29) is 5.91 Å². The molecule has 3 aromatic rings. The molecular formula is C21H26N6O. The van der Waals surface area contributed by atoms with Gasteiger partial charge in [0.25, 0.3) is 5.91 Å². The number of amides is 1. The first-order chi connectivity index (χ1) is 13.6. The molecule has 28 heavy (non-hydrogen) atoms. The first-order valence-corrected chi connectivity index (χ1v) is 9.73. The van der Waals surface area contributed by atoms with Gasteiger partial charge >= 0.3 is 0 Å². The third-order valence-electron chi connectivity index (χ3n) is 5.24. The van der Waals surface area contributed by atoms with E-state index in [1.165, 1.54) is 0 Å². The lowest BCUT2D eigenvalue weighted by molar-refractivity contribution is 0.0754. The van der Waals surface area contributed by atoms with Crippen LogP contribution in [0.25, 0.3) is 5.65 Å². The first-order valence-electron chi connectivity index (χ1n) is 9.73. The van der Waals surface area contributed by atoms with E-state index in [9.17, 15) is 4.79 Å². The Hall–Kier alpha value is -3.09. The molecule has 0 aromatic carbocycles. The van der Waals surface area contributed by atoms with Gasteiger partial charge in [-0.25, -0.2) is 9.97 Å². The Labute approximate surface area is 165 Å². The number of pyridine rings is 2. The Kier molecular flexibility index (Phi) is 5.14. The molecule has 1 amide bonds. The number of carbonyl (C=O) groups excluding carboxylic acids is 1. The molecule has 1 aliphatic heterocycles. The molecule has 0 radical (unpaired) electrons. The minimum Gasteiger partial charge on any atom is -0.381 e. The van der Waals surface area contributed by atoms with Crippen LogP contribution < -0.4 is 10.2 Å². The van der Waals surface area contributed by atoms with Crippen LogP contribution in [0.3, 0.4) is 0 Å². The number of aromatic nitrogens is 3. The number of hydrogen-bond acceptors (Lipinski definition) is 5. The summed E-state index contributed by atoms with van der Waals surface area (Å²) in [6.45, 7) is 1.52. The molecule has 4 rings (SSSR count). The van der Waals surface area contributed by atoms with E-state index < -0.39 is 0 Å². The van der Waals surface area contributed by atoms with Crippen molar-refractivity contribution in [2.75, 3.05) is 37.4 Å². The van der Waals surface area contributed by atoms with Crippen molar-refractivity contribution in [3.63, 3.8) is 0 Å². The predicted octanol–water partition coefficient (Wildman–Crippen LogP) is 2.90. The van der Waals surface area contributed by atoms with Gasteiger partial charge in [-0.1, -0.05) is 6.07 Å². The fraction of sp³-hybridized carbons (Fsp3) is 0.381. The van der Waals surface area contributed by atoms with Gasteiger partial charge in [0.15, 0.2) is 0 Å². The third kappa shape index (κ3) is 3.78. The van der Waals surface area contributed by atoms with E-state index >= 15 is 0 Å². The Bertz CT molecular complexity index is 949. The molecule has 0 saturated carbocycles. The quantitative estimate of drug-likeness (QED) is 0.756. The largest absolute Gasteiger partial charge is 0.381 e. The first kappa shape index (κ1) is 18.3. The van der Waals surface area contributed by atoms with Crippen LogP contribution in [0.4, 0.5) is 11.5 Å². The minimum atomic E-state index is 0.0706. The van der Waals surface area contributed by atoms with Crippen LogP contribution in [0.15, 0.2) is 48.9 Å². The Morgan fingerprint density at radius 2 is 2.04 bits per heavy atom. The van der Waals surface area contributed by atoms with Crippen LogP contribution in [-0.4, -0.2) is 58.4 Å². The van der Waals surface area contributed by atoms with Crippen LogP contribution in [0, 0.1) is 0 Å². The van der Waals surface area contributed by atoms with Gasteiger partial charge < -0.3 is 15.1 Å². The molecule has 1 fully saturated rings. The maximum absolute atomic E-state index is 13.1. The van der Waals surface area contributed by atoms with E-state index in [1.807, 2.05) is 65.0 Å². The average Bonchev–Trinajstić information content (AvgIpc) is 3.07. The van der Waals surface area contributed by atoms with Gasteiger partial charge in [0.2, 0.25) is 0 Å². The van der Waals surface area contributed by atoms with Gasteiger partial charge in [-0.15, -0.1) is 0 Å². The summed E-state index contributed by atoms with van der Waals surface area (Å²) in [4.78, 5) is 25.8. The van der Waals surface area contributed by atoms with Crippen molar-refractivity contribution in [3.8, 4) is 0 Å². The average molecular weight is 378 g/mol. The normalized spacial score (nSPS) is 17.4. The fourth-order valence-corrected chi connectivity index (χ4v) is 3.70. The summed E-state index contributed by atoms with van der Waals surface area (Å²) in [6.07, 6.45) is 8.38. The Morgan fingerprint density at radius 1 is 1.14 bits per heavy atom. The zero-order valence-electron chi connectivity index (χ0n) is 16.4. The van der Waals surface area contributed by atoms with Crippen molar-refractivity contribution < 1.29 is 4.79 Å². The highest BCUT2D eigenvalue weighted by Gasteiger charge is 2.23. The number of hydrogen-bond donors (Lipinski definition) is 1. The number of fused-ring (bicyclic) bond motifs is 1. The number of carbonyl (C=O) groups is 1. The predicted molar refractivity (Wildman–Crippen MR) is 111 cm³/mol. The van der Waals surface area contributed by atoms with Crippen LogP contribution in [0.2, 0.25) is 0 Å². The maximum atomic E-state index is 13.1. The monoisotopic (exact) mass is 378 g/mol. The van der Waals surface area contributed by atoms with Crippen LogP contribution in [-0.2, 0) is 0 Å².